The highest BCUT2D eigenvalue weighted by atomic mass is 19.4. The van der Waals surface area contributed by atoms with Crippen LogP contribution in [0.4, 0.5) is 13.2 Å². The van der Waals surface area contributed by atoms with Gasteiger partial charge in [-0.25, -0.2) is 4.79 Å². The fraction of sp³-hybridized carbons (Fsp3) is 0.160. The highest BCUT2D eigenvalue weighted by Crippen LogP contribution is 2.38. The summed E-state index contributed by atoms with van der Waals surface area (Å²) in [5, 5.41) is 0.748. The number of halogens is 3. The van der Waals surface area contributed by atoms with Gasteiger partial charge in [-0.2, -0.15) is 13.2 Å². The molecule has 0 saturated heterocycles. The van der Waals surface area contributed by atoms with Crippen LogP contribution >= 0.6 is 0 Å². The van der Waals surface area contributed by atoms with E-state index in [1.54, 1.807) is 29.8 Å². The maximum Gasteiger partial charge on any atom is 0.416 e. The lowest BCUT2D eigenvalue weighted by molar-refractivity contribution is -0.137. The molecule has 3 nitrogen and oxygen atoms in total. The number of esters is 1. The number of nitrogens with zero attached hydrogens (tertiary/aromatic N) is 1. The number of ether oxygens (including phenoxy) is 1. The fourth-order valence-corrected chi connectivity index (χ4v) is 3.96. The molecule has 4 aromatic rings. The van der Waals surface area contributed by atoms with Gasteiger partial charge in [0.05, 0.1) is 23.9 Å². The number of fused-ring (bicyclic) bond motifs is 1. The topological polar surface area (TPSA) is 31.2 Å². The minimum Gasteiger partial charge on any atom is -0.465 e. The predicted octanol–water partition coefficient (Wildman–Crippen LogP) is 6.24. The van der Waals surface area contributed by atoms with E-state index in [0.29, 0.717) is 17.5 Å². The summed E-state index contributed by atoms with van der Waals surface area (Å²) in [6.45, 7) is 0. The van der Waals surface area contributed by atoms with Gasteiger partial charge in [0.1, 0.15) is 0 Å². The molecule has 1 aromatic heterocycles. The van der Waals surface area contributed by atoms with Gasteiger partial charge in [0.15, 0.2) is 0 Å². The predicted molar refractivity (Wildman–Crippen MR) is 114 cm³/mol. The van der Waals surface area contributed by atoms with Crippen LogP contribution in [-0.4, -0.2) is 17.6 Å². The fourth-order valence-electron chi connectivity index (χ4n) is 3.96. The summed E-state index contributed by atoms with van der Waals surface area (Å²) < 4.78 is 46.6. The van der Waals surface area contributed by atoms with Crippen molar-refractivity contribution >= 4 is 16.9 Å². The molecule has 0 aliphatic rings. The summed E-state index contributed by atoms with van der Waals surface area (Å²) >= 11 is 0. The van der Waals surface area contributed by atoms with Crippen molar-refractivity contribution in [2.45, 2.75) is 12.6 Å². The zero-order valence-electron chi connectivity index (χ0n) is 17.0. The molecule has 0 unspecified atom stereocenters. The SMILES string of the molecule is COC(=O)c1cccc(Cc2c(-c3ccccc3)n(C)c3cc(C(F)(F)F)ccc23)c1. The molecule has 0 N–H and O–H groups in total. The van der Waals surface area contributed by atoms with Crippen molar-refractivity contribution in [1.29, 1.82) is 0 Å². The zero-order valence-corrected chi connectivity index (χ0v) is 17.0. The van der Waals surface area contributed by atoms with E-state index in [1.807, 2.05) is 36.4 Å². The van der Waals surface area contributed by atoms with Gasteiger partial charge in [0.25, 0.3) is 0 Å². The Bertz CT molecular complexity index is 1260. The first kappa shape index (κ1) is 20.7. The summed E-state index contributed by atoms with van der Waals surface area (Å²) in [5.41, 5.74) is 3.78. The van der Waals surface area contributed by atoms with Crippen molar-refractivity contribution in [2.75, 3.05) is 7.11 Å². The van der Waals surface area contributed by atoms with Gasteiger partial charge in [-0.1, -0.05) is 48.5 Å². The number of aryl methyl sites for hydroxylation is 1. The number of alkyl halides is 3. The normalized spacial score (nSPS) is 11.6. The van der Waals surface area contributed by atoms with E-state index < -0.39 is 17.7 Å². The molecule has 0 aliphatic carbocycles. The Morgan fingerprint density at radius 1 is 0.968 bits per heavy atom. The molecule has 0 saturated carbocycles. The molecular weight excluding hydrogens is 403 g/mol. The number of methoxy groups -OCH3 is 1. The van der Waals surface area contributed by atoms with E-state index in [4.69, 9.17) is 4.74 Å². The van der Waals surface area contributed by atoms with E-state index in [-0.39, 0.29) is 0 Å². The van der Waals surface area contributed by atoms with Crippen LogP contribution in [0.5, 0.6) is 0 Å². The summed E-state index contributed by atoms with van der Waals surface area (Å²) in [6.07, 6.45) is -3.96. The van der Waals surface area contributed by atoms with E-state index in [2.05, 4.69) is 0 Å². The second kappa shape index (κ2) is 7.95. The van der Waals surface area contributed by atoms with E-state index in [9.17, 15) is 18.0 Å². The van der Waals surface area contributed by atoms with Crippen LogP contribution in [0.3, 0.4) is 0 Å². The smallest absolute Gasteiger partial charge is 0.416 e. The number of hydrogen-bond acceptors (Lipinski definition) is 2. The standard InChI is InChI=1S/C25H20F3NO2/c1-29-22-15-19(25(26,27)28)11-12-20(22)21(23(29)17-8-4-3-5-9-17)14-16-7-6-10-18(13-16)24(30)31-2/h3-13,15H,14H2,1-2H3. The lowest BCUT2D eigenvalue weighted by Crippen LogP contribution is -2.04. The number of hydrogen-bond donors (Lipinski definition) is 0. The molecule has 0 aliphatic heterocycles. The third kappa shape index (κ3) is 3.93. The third-order valence-electron chi connectivity index (χ3n) is 5.41. The molecule has 0 spiro atoms. The number of rotatable bonds is 4. The molecule has 0 atom stereocenters. The number of aromatic nitrogens is 1. The number of carbonyl (C=O) groups excluding carboxylic acids is 1. The van der Waals surface area contributed by atoms with E-state index in [0.717, 1.165) is 33.8 Å². The molecule has 3 aromatic carbocycles. The molecular formula is C25H20F3NO2. The van der Waals surface area contributed by atoms with E-state index in [1.165, 1.54) is 19.2 Å². The van der Waals surface area contributed by atoms with Crippen LogP contribution in [0.2, 0.25) is 0 Å². The summed E-state index contributed by atoms with van der Waals surface area (Å²) in [5.74, 6) is -0.433. The molecule has 0 fully saturated rings. The maximum absolute atomic E-state index is 13.3. The van der Waals surface area contributed by atoms with Gasteiger partial charge in [-0.3, -0.25) is 0 Å². The van der Waals surface area contributed by atoms with Crippen molar-refractivity contribution in [3.63, 3.8) is 0 Å². The molecule has 4 rings (SSSR count). The Balaban J connectivity index is 1.92. The Morgan fingerprint density at radius 2 is 1.71 bits per heavy atom. The van der Waals surface area contributed by atoms with Gasteiger partial charge < -0.3 is 9.30 Å². The van der Waals surface area contributed by atoms with Crippen molar-refractivity contribution < 1.29 is 22.7 Å². The van der Waals surface area contributed by atoms with Gasteiger partial charge in [0, 0.05) is 24.4 Å². The quantitative estimate of drug-likeness (QED) is 0.364. The summed E-state index contributed by atoms with van der Waals surface area (Å²) in [4.78, 5) is 11.9. The zero-order chi connectivity index (χ0) is 22.2. The monoisotopic (exact) mass is 423 g/mol. The second-order valence-electron chi connectivity index (χ2n) is 7.35. The van der Waals surface area contributed by atoms with Crippen LogP contribution in [0.25, 0.3) is 22.2 Å². The van der Waals surface area contributed by atoms with Crippen LogP contribution in [0.1, 0.15) is 27.0 Å². The minimum atomic E-state index is -4.42. The highest BCUT2D eigenvalue weighted by Gasteiger charge is 2.31. The first-order valence-electron chi connectivity index (χ1n) is 9.71. The van der Waals surface area contributed by atoms with E-state index >= 15 is 0 Å². The molecule has 6 heteroatoms. The van der Waals surface area contributed by atoms with Gasteiger partial charge in [-0.15, -0.1) is 0 Å². The van der Waals surface area contributed by atoms with Crippen LogP contribution in [0.15, 0.2) is 72.8 Å². The second-order valence-corrected chi connectivity index (χ2v) is 7.35. The third-order valence-corrected chi connectivity index (χ3v) is 5.41. The van der Waals surface area contributed by atoms with Crippen molar-refractivity contribution in [3.05, 3.63) is 95.1 Å². The Morgan fingerprint density at radius 3 is 2.39 bits per heavy atom. The van der Waals surface area contributed by atoms with Crippen LogP contribution in [-0.2, 0) is 24.4 Å². The van der Waals surface area contributed by atoms with Gasteiger partial charge in [0.2, 0.25) is 0 Å². The molecule has 0 bridgehead atoms. The average molecular weight is 423 g/mol. The van der Waals surface area contributed by atoms with Crippen LogP contribution in [0, 0.1) is 0 Å². The Kier molecular flexibility index (Phi) is 5.31. The lowest BCUT2D eigenvalue weighted by atomic mass is 9.97. The van der Waals surface area contributed by atoms with Gasteiger partial charge >= 0.3 is 12.1 Å². The van der Waals surface area contributed by atoms with Crippen molar-refractivity contribution in [2.24, 2.45) is 7.05 Å². The van der Waals surface area contributed by atoms with Gasteiger partial charge in [-0.05, 0) is 41.0 Å². The minimum absolute atomic E-state index is 0.431. The Labute approximate surface area is 177 Å². The molecule has 0 radical (unpaired) electrons. The average Bonchev–Trinajstić information content (AvgIpc) is 3.04. The summed E-state index contributed by atoms with van der Waals surface area (Å²) in [7, 11) is 3.10. The first-order valence-corrected chi connectivity index (χ1v) is 9.71. The molecule has 1 heterocycles. The molecule has 0 amide bonds. The largest absolute Gasteiger partial charge is 0.465 e. The highest BCUT2D eigenvalue weighted by molar-refractivity contribution is 5.93. The summed E-state index contributed by atoms with van der Waals surface area (Å²) in [6, 6.07) is 20.5. The molecule has 158 valence electrons. The van der Waals surface area contributed by atoms with Crippen LogP contribution < -0.4 is 0 Å². The lowest BCUT2D eigenvalue weighted by Gasteiger charge is -2.09. The molecule has 31 heavy (non-hydrogen) atoms. The maximum atomic E-state index is 13.3. The number of carbonyl (C=O) groups is 1. The van der Waals surface area contributed by atoms with Crippen molar-refractivity contribution in [1.82, 2.24) is 4.57 Å². The first-order chi connectivity index (χ1) is 14.8. The number of benzene rings is 3. The Hall–Kier alpha value is -3.54. The van der Waals surface area contributed by atoms with Crippen molar-refractivity contribution in [3.8, 4) is 11.3 Å².